The van der Waals surface area contributed by atoms with E-state index in [1.165, 1.54) is 37.8 Å². The van der Waals surface area contributed by atoms with E-state index in [4.69, 9.17) is 0 Å². The lowest BCUT2D eigenvalue weighted by Gasteiger charge is -2.26. The van der Waals surface area contributed by atoms with Crippen LogP contribution in [0.1, 0.15) is 64.6 Å². The predicted molar refractivity (Wildman–Crippen MR) is 70.9 cm³/mol. The van der Waals surface area contributed by atoms with Crippen LogP contribution in [0.5, 0.6) is 0 Å². The highest BCUT2D eigenvalue weighted by atomic mass is 15.1. The van der Waals surface area contributed by atoms with Crippen LogP contribution in [0.25, 0.3) is 0 Å². The summed E-state index contributed by atoms with van der Waals surface area (Å²) in [5.41, 5.74) is 1.49. The van der Waals surface area contributed by atoms with Crippen LogP contribution in [0.2, 0.25) is 0 Å². The Morgan fingerprint density at radius 1 is 1.29 bits per heavy atom. The van der Waals surface area contributed by atoms with Crippen LogP contribution < -0.4 is 5.32 Å². The molecule has 96 valence electrons. The fourth-order valence-corrected chi connectivity index (χ4v) is 2.51. The van der Waals surface area contributed by atoms with Crippen molar-refractivity contribution in [1.82, 2.24) is 14.9 Å². The second-order valence-electron chi connectivity index (χ2n) is 6.19. The fourth-order valence-electron chi connectivity index (χ4n) is 2.51. The Morgan fingerprint density at radius 2 is 2.00 bits per heavy atom. The molecule has 3 nitrogen and oxygen atoms in total. The van der Waals surface area contributed by atoms with Crippen molar-refractivity contribution >= 4 is 0 Å². The van der Waals surface area contributed by atoms with E-state index in [0.717, 1.165) is 6.54 Å². The Labute approximate surface area is 105 Å². The molecule has 0 radical (unpaired) electrons. The van der Waals surface area contributed by atoms with Gasteiger partial charge in [-0.25, -0.2) is 4.98 Å². The number of imidazole rings is 1. The van der Waals surface area contributed by atoms with Gasteiger partial charge in [0, 0.05) is 24.3 Å². The van der Waals surface area contributed by atoms with Gasteiger partial charge in [0.1, 0.15) is 0 Å². The van der Waals surface area contributed by atoms with Gasteiger partial charge in [-0.15, -0.1) is 0 Å². The molecule has 1 aromatic rings. The van der Waals surface area contributed by atoms with E-state index in [0.29, 0.717) is 6.04 Å². The summed E-state index contributed by atoms with van der Waals surface area (Å²) < 4.78 is 2.39. The van der Waals surface area contributed by atoms with Crippen molar-refractivity contribution in [3.8, 4) is 0 Å². The molecule has 0 saturated heterocycles. The van der Waals surface area contributed by atoms with Crippen LogP contribution in [0.4, 0.5) is 0 Å². The lowest BCUT2D eigenvalue weighted by molar-refractivity contribution is 0.338. The standard InChI is InChI=1S/C14H25N3/c1-14(2,3)16-10-13-9-15-11-17(13)12-7-5-4-6-8-12/h9,11-12,16H,4-8,10H2,1-3H3. The zero-order valence-electron chi connectivity index (χ0n) is 11.4. The van der Waals surface area contributed by atoms with Gasteiger partial charge >= 0.3 is 0 Å². The summed E-state index contributed by atoms with van der Waals surface area (Å²) in [6.45, 7) is 7.52. The molecular formula is C14H25N3. The van der Waals surface area contributed by atoms with Crippen LogP contribution in [-0.2, 0) is 6.54 Å². The average Bonchev–Trinajstić information content (AvgIpc) is 2.75. The topological polar surface area (TPSA) is 29.9 Å². The second kappa shape index (κ2) is 5.21. The largest absolute Gasteiger partial charge is 0.330 e. The fraction of sp³-hybridized carbons (Fsp3) is 0.786. The number of aromatic nitrogens is 2. The van der Waals surface area contributed by atoms with Gasteiger partial charge in [-0.1, -0.05) is 19.3 Å². The molecule has 3 heteroatoms. The Morgan fingerprint density at radius 3 is 2.65 bits per heavy atom. The summed E-state index contributed by atoms with van der Waals surface area (Å²) in [5, 5.41) is 3.54. The molecule has 0 bridgehead atoms. The Hall–Kier alpha value is -0.830. The Balaban J connectivity index is 2.00. The normalized spacial score (nSPS) is 18.5. The maximum atomic E-state index is 4.32. The van der Waals surface area contributed by atoms with E-state index in [1.807, 2.05) is 12.5 Å². The minimum Gasteiger partial charge on any atom is -0.330 e. The highest BCUT2D eigenvalue weighted by molar-refractivity contribution is 5.01. The average molecular weight is 235 g/mol. The summed E-state index contributed by atoms with van der Waals surface area (Å²) in [7, 11) is 0. The molecule has 0 aliphatic heterocycles. The monoisotopic (exact) mass is 235 g/mol. The lowest BCUT2D eigenvalue weighted by Crippen LogP contribution is -2.35. The number of nitrogens with zero attached hydrogens (tertiary/aromatic N) is 2. The van der Waals surface area contributed by atoms with E-state index < -0.39 is 0 Å². The molecule has 1 fully saturated rings. The molecule has 0 amide bonds. The van der Waals surface area contributed by atoms with Gasteiger partial charge in [0.2, 0.25) is 0 Å². The summed E-state index contributed by atoms with van der Waals surface area (Å²) in [6.07, 6.45) is 10.8. The van der Waals surface area contributed by atoms with Gasteiger partial charge in [-0.3, -0.25) is 0 Å². The van der Waals surface area contributed by atoms with Crippen LogP contribution in [0.3, 0.4) is 0 Å². The summed E-state index contributed by atoms with van der Waals surface area (Å²) in [5.74, 6) is 0. The van der Waals surface area contributed by atoms with E-state index in [-0.39, 0.29) is 5.54 Å². The maximum absolute atomic E-state index is 4.32. The van der Waals surface area contributed by atoms with E-state index >= 15 is 0 Å². The molecule has 17 heavy (non-hydrogen) atoms. The van der Waals surface area contributed by atoms with Crippen LogP contribution in [-0.4, -0.2) is 15.1 Å². The minimum absolute atomic E-state index is 0.168. The first-order chi connectivity index (χ1) is 8.06. The molecule has 1 heterocycles. The highest BCUT2D eigenvalue weighted by Gasteiger charge is 2.18. The van der Waals surface area contributed by atoms with Crippen molar-refractivity contribution in [2.75, 3.05) is 0 Å². The van der Waals surface area contributed by atoms with Crippen LogP contribution >= 0.6 is 0 Å². The smallest absolute Gasteiger partial charge is 0.0951 e. The van der Waals surface area contributed by atoms with Crippen LogP contribution in [0.15, 0.2) is 12.5 Å². The van der Waals surface area contributed by atoms with E-state index in [2.05, 4.69) is 35.6 Å². The molecule has 1 N–H and O–H groups in total. The molecular weight excluding hydrogens is 210 g/mol. The summed E-state index contributed by atoms with van der Waals surface area (Å²) in [4.78, 5) is 4.32. The zero-order valence-corrected chi connectivity index (χ0v) is 11.4. The van der Waals surface area contributed by atoms with Gasteiger partial charge < -0.3 is 9.88 Å². The number of nitrogens with one attached hydrogen (secondary N) is 1. The zero-order chi connectivity index (χ0) is 12.3. The van der Waals surface area contributed by atoms with Crippen molar-refractivity contribution in [1.29, 1.82) is 0 Å². The Bertz CT molecular complexity index is 343. The first-order valence-electron chi connectivity index (χ1n) is 6.82. The van der Waals surface area contributed by atoms with Crippen molar-refractivity contribution in [3.63, 3.8) is 0 Å². The van der Waals surface area contributed by atoms with E-state index in [9.17, 15) is 0 Å². The first-order valence-corrected chi connectivity index (χ1v) is 6.82. The third-order valence-corrected chi connectivity index (χ3v) is 3.51. The summed E-state index contributed by atoms with van der Waals surface area (Å²) >= 11 is 0. The molecule has 0 aromatic carbocycles. The molecule has 0 spiro atoms. The minimum atomic E-state index is 0.168. The van der Waals surface area contributed by atoms with Gasteiger partial charge in [0.15, 0.2) is 0 Å². The Kier molecular flexibility index (Phi) is 3.87. The maximum Gasteiger partial charge on any atom is 0.0951 e. The van der Waals surface area contributed by atoms with Crippen molar-refractivity contribution in [2.24, 2.45) is 0 Å². The molecule has 0 atom stereocenters. The van der Waals surface area contributed by atoms with Crippen molar-refractivity contribution in [2.45, 2.75) is 71.0 Å². The first kappa shape index (κ1) is 12.6. The lowest BCUT2D eigenvalue weighted by atomic mass is 9.95. The quantitative estimate of drug-likeness (QED) is 0.871. The number of hydrogen-bond donors (Lipinski definition) is 1. The van der Waals surface area contributed by atoms with Gasteiger partial charge in [0.25, 0.3) is 0 Å². The molecule has 0 unspecified atom stereocenters. The van der Waals surface area contributed by atoms with Gasteiger partial charge in [0.05, 0.1) is 12.0 Å². The third-order valence-electron chi connectivity index (χ3n) is 3.51. The molecule has 1 aliphatic carbocycles. The van der Waals surface area contributed by atoms with Gasteiger partial charge in [-0.05, 0) is 33.6 Å². The molecule has 1 aromatic heterocycles. The summed E-state index contributed by atoms with van der Waals surface area (Å²) in [6, 6.07) is 0.683. The molecule has 1 aliphatic rings. The van der Waals surface area contributed by atoms with Crippen molar-refractivity contribution < 1.29 is 0 Å². The molecule has 1 saturated carbocycles. The highest BCUT2D eigenvalue weighted by Crippen LogP contribution is 2.28. The number of hydrogen-bond acceptors (Lipinski definition) is 2. The van der Waals surface area contributed by atoms with Crippen LogP contribution in [0, 0.1) is 0 Å². The van der Waals surface area contributed by atoms with E-state index in [1.54, 1.807) is 0 Å². The predicted octanol–water partition coefficient (Wildman–Crippen LogP) is 3.28. The third kappa shape index (κ3) is 3.56. The second-order valence-corrected chi connectivity index (χ2v) is 6.19. The SMILES string of the molecule is CC(C)(C)NCc1cncn1C1CCCCC1. The van der Waals surface area contributed by atoms with Crippen molar-refractivity contribution in [3.05, 3.63) is 18.2 Å². The van der Waals surface area contributed by atoms with Gasteiger partial charge in [-0.2, -0.15) is 0 Å². The number of rotatable bonds is 3. The molecule has 2 rings (SSSR count).